The van der Waals surface area contributed by atoms with E-state index in [9.17, 15) is 18.5 Å². The van der Waals surface area contributed by atoms with Gasteiger partial charge in [0.25, 0.3) is 0 Å². The minimum atomic E-state index is -3.68. The predicted octanol–water partition coefficient (Wildman–Crippen LogP) is 0.638. The summed E-state index contributed by atoms with van der Waals surface area (Å²) in [6.07, 6.45) is 0.933. The van der Waals surface area contributed by atoms with Crippen LogP contribution in [0, 0.1) is 10.1 Å². The Hall–Kier alpha value is -2.29. The summed E-state index contributed by atoms with van der Waals surface area (Å²) >= 11 is 0. The molecule has 2 aromatic rings. The molecule has 1 heterocycles. The summed E-state index contributed by atoms with van der Waals surface area (Å²) < 4.78 is 24.1. The number of rotatable bonds is 4. The van der Waals surface area contributed by atoms with Crippen LogP contribution in [0.5, 0.6) is 0 Å². The molecule has 0 bridgehead atoms. The van der Waals surface area contributed by atoms with Crippen LogP contribution in [0.2, 0.25) is 0 Å². The minimum absolute atomic E-state index is 0.101. The van der Waals surface area contributed by atoms with Gasteiger partial charge in [-0.3, -0.25) is 0 Å². The molecule has 19 heavy (non-hydrogen) atoms. The molecule has 0 saturated heterocycles. The van der Waals surface area contributed by atoms with E-state index in [1.54, 1.807) is 24.3 Å². The van der Waals surface area contributed by atoms with E-state index in [-0.39, 0.29) is 6.54 Å². The Labute approximate surface area is 108 Å². The molecule has 1 aromatic heterocycles. The van der Waals surface area contributed by atoms with E-state index in [1.807, 2.05) is 6.07 Å². The summed E-state index contributed by atoms with van der Waals surface area (Å²) in [5, 5.41) is 13.8. The molecule has 0 unspecified atom stereocenters. The summed E-state index contributed by atoms with van der Waals surface area (Å²) in [5.41, 5.74) is 0.771. The Morgan fingerprint density at radius 2 is 1.95 bits per heavy atom. The van der Waals surface area contributed by atoms with Gasteiger partial charge in [-0.2, -0.15) is 4.68 Å². The van der Waals surface area contributed by atoms with Gasteiger partial charge in [0.15, 0.2) is 0 Å². The molecule has 0 spiro atoms. The SMILES string of the molecule is CS(=O)(=O)c1nc([N+](=O)[O-])nn1Cc1ccccc1. The molecule has 1 aromatic carbocycles. The fraction of sp³-hybridized carbons (Fsp3) is 0.200. The van der Waals surface area contributed by atoms with Crippen molar-refractivity contribution in [2.24, 2.45) is 0 Å². The molecule has 2 rings (SSSR count). The van der Waals surface area contributed by atoms with E-state index in [2.05, 4.69) is 10.1 Å². The van der Waals surface area contributed by atoms with Crippen molar-refractivity contribution in [3.05, 3.63) is 46.0 Å². The summed E-state index contributed by atoms with van der Waals surface area (Å²) in [5.74, 6) is -0.726. The maximum Gasteiger partial charge on any atom is 0.492 e. The summed E-state index contributed by atoms with van der Waals surface area (Å²) in [4.78, 5) is 13.2. The molecular weight excluding hydrogens is 272 g/mol. The number of hydrogen-bond donors (Lipinski definition) is 0. The van der Waals surface area contributed by atoms with Gasteiger partial charge in [-0.05, 0) is 15.5 Å². The third-order valence-electron chi connectivity index (χ3n) is 2.30. The molecule has 0 N–H and O–H groups in total. The Bertz CT molecular complexity index is 708. The lowest BCUT2D eigenvalue weighted by molar-refractivity contribution is -0.394. The molecule has 0 saturated carbocycles. The van der Waals surface area contributed by atoms with Gasteiger partial charge in [0.2, 0.25) is 9.84 Å². The van der Waals surface area contributed by atoms with Gasteiger partial charge >= 0.3 is 11.1 Å². The molecule has 0 fully saturated rings. The average Bonchev–Trinajstić information content (AvgIpc) is 2.74. The Morgan fingerprint density at radius 1 is 1.32 bits per heavy atom. The van der Waals surface area contributed by atoms with Crippen LogP contribution >= 0.6 is 0 Å². The van der Waals surface area contributed by atoms with Crippen LogP contribution in [0.3, 0.4) is 0 Å². The first-order valence-corrected chi connectivity index (χ1v) is 7.10. The van der Waals surface area contributed by atoms with Crippen LogP contribution in [0.4, 0.5) is 5.95 Å². The summed E-state index contributed by atoms with van der Waals surface area (Å²) in [6, 6.07) is 8.89. The van der Waals surface area contributed by atoms with E-state index in [4.69, 9.17) is 0 Å². The number of sulfone groups is 1. The Kier molecular flexibility index (Phi) is 3.30. The van der Waals surface area contributed by atoms with Crippen LogP contribution in [-0.2, 0) is 16.4 Å². The van der Waals surface area contributed by atoms with Gasteiger partial charge in [0.05, 0.1) is 6.54 Å². The molecule has 0 aliphatic rings. The van der Waals surface area contributed by atoms with Gasteiger partial charge in [-0.1, -0.05) is 30.3 Å². The van der Waals surface area contributed by atoms with Gasteiger partial charge in [0, 0.05) is 11.4 Å². The van der Waals surface area contributed by atoms with Crippen molar-refractivity contribution >= 4 is 15.8 Å². The number of nitrogens with zero attached hydrogens (tertiary/aromatic N) is 4. The molecule has 0 radical (unpaired) electrons. The fourth-order valence-electron chi connectivity index (χ4n) is 1.53. The lowest BCUT2D eigenvalue weighted by Crippen LogP contribution is -2.11. The molecule has 9 heteroatoms. The van der Waals surface area contributed by atoms with Gasteiger partial charge in [0.1, 0.15) is 0 Å². The zero-order valence-electron chi connectivity index (χ0n) is 9.92. The summed E-state index contributed by atoms with van der Waals surface area (Å²) in [6.45, 7) is 0.101. The lowest BCUT2D eigenvalue weighted by Gasteiger charge is -1.99. The Morgan fingerprint density at radius 3 is 2.47 bits per heavy atom. The zero-order chi connectivity index (χ0) is 14.0. The smallest absolute Gasteiger partial charge is 0.390 e. The first kappa shape index (κ1) is 13.1. The molecule has 0 atom stereocenters. The highest BCUT2D eigenvalue weighted by molar-refractivity contribution is 7.90. The quantitative estimate of drug-likeness (QED) is 0.601. The molecular formula is C10H10N4O4S. The highest BCUT2D eigenvalue weighted by Crippen LogP contribution is 2.13. The maximum absolute atomic E-state index is 11.5. The van der Waals surface area contributed by atoms with E-state index in [0.717, 1.165) is 16.5 Å². The van der Waals surface area contributed by atoms with E-state index < -0.39 is 25.9 Å². The molecule has 0 amide bonds. The Balaban J connectivity index is 2.47. The fourth-order valence-corrected chi connectivity index (χ4v) is 2.26. The van der Waals surface area contributed by atoms with Crippen LogP contribution < -0.4 is 0 Å². The zero-order valence-corrected chi connectivity index (χ0v) is 10.7. The van der Waals surface area contributed by atoms with Crippen molar-refractivity contribution in [1.82, 2.24) is 14.8 Å². The molecule has 100 valence electrons. The second kappa shape index (κ2) is 4.76. The van der Waals surface area contributed by atoms with Gasteiger partial charge in [-0.15, -0.1) is 0 Å². The molecule has 8 nitrogen and oxygen atoms in total. The number of benzene rings is 1. The number of hydrogen-bond acceptors (Lipinski definition) is 6. The van der Waals surface area contributed by atoms with Gasteiger partial charge < -0.3 is 10.1 Å². The van der Waals surface area contributed by atoms with E-state index in [1.165, 1.54) is 0 Å². The number of nitro groups is 1. The van der Waals surface area contributed by atoms with Crippen LogP contribution in [0.25, 0.3) is 0 Å². The first-order chi connectivity index (χ1) is 8.88. The third-order valence-corrected chi connectivity index (χ3v) is 3.26. The second-order valence-electron chi connectivity index (χ2n) is 3.87. The average molecular weight is 282 g/mol. The van der Waals surface area contributed by atoms with Crippen molar-refractivity contribution in [2.45, 2.75) is 11.7 Å². The normalized spacial score (nSPS) is 11.4. The van der Waals surface area contributed by atoms with Crippen LogP contribution in [0.1, 0.15) is 5.56 Å². The van der Waals surface area contributed by atoms with Crippen molar-refractivity contribution < 1.29 is 13.3 Å². The van der Waals surface area contributed by atoms with Crippen molar-refractivity contribution in [2.75, 3.05) is 6.26 Å². The minimum Gasteiger partial charge on any atom is -0.390 e. The summed E-state index contributed by atoms with van der Waals surface area (Å²) in [7, 11) is -3.68. The maximum atomic E-state index is 11.5. The largest absolute Gasteiger partial charge is 0.492 e. The van der Waals surface area contributed by atoms with Crippen LogP contribution in [0.15, 0.2) is 35.5 Å². The number of aromatic nitrogens is 3. The second-order valence-corrected chi connectivity index (χ2v) is 5.78. The van der Waals surface area contributed by atoms with Gasteiger partial charge in [-0.25, -0.2) is 8.42 Å². The third kappa shape index (κ3) is 2.94. The van der Waals surface area contributed by atoms with Crippen molar-refractivity contribution in [3.63, 3.8) is 0 Å². The molecule has 0 aliphatic heterocycles. The monoisotopic (exact) mass is 282 g/mol. The van der Waals surface area contributed by atoms with Crippen LogP contribution in [-0.4, -0.2) is 34.4 Å². The van der Waals surface area contributed by atoms with E-state index >= 15 is 0 Å². The van der Waals surface area contributed by atoms with Crippen molar-refractivity contribution in [3.8, 4) is 0 Å². The van der Waals surface area contributed by atoms with Crippen molar-refractivity contribution in [1.29, 1.82) is 0 Å². The highest BCUT2D eigenvalue weighted by atomic mass is 32.2. The lowest BCUT2D eigenvalue weighted by atomic mass is 10.2. The predicted molar refractivity (Wildman–Crippen MR) is 65.3 cm³/mol. The molecule has 0 aliphatic carbocycles. The first-order valence-electron chi connectivity index (χ1n) is 5.21. The highest BCUT2D eigenvalue weighted by Gasteiger charge is 2.28. The topological polar surface area (TPSA) is 108 Å². The standard InChI is InChI=1S/C10H10N4O4S/c1-19(17,18)10-11-9(14(15)16)12-13(10)7-8-5-3-2-4-6-8/h2-6H,7H2,1H3. The van der Waals surface area contributed by atoms with E-state index in [0.29, 0.717) is 0 Å².